The molecule has 0 aromatic heterocycles. The van der Waals surface area contributed by atoms with Gasteiger partial charge in [0.2, 0.25) is 0 Å². The second-order valence-electron chi connectivity index (χ2n) is 6.09. The summed E-state index contributed by atoms with van der Waals surface area (Å²) in [6.07, 6.45) is 1.87. The van der Waals surface area contributed by atoms with Gasteiger partial charge in [0.25, 0.3) is 0 Å². The highest BCUT2D eigenvalue weighted by Gasteiger charge is 2.19. The first-order valence-corrected chi connectivity index (χ1v) is 8.03. The van der Waals surface area contributed by atoms with Crippen molar-refractivity contribution in [1.29, 1.82) is 0 Å². The molecule has 1 aliphatic heterocycles. The van der Waals surface area contributed by atoms with Crippen LogP contribution < -0.4 is 4.74 Å². The van der Waals surface area contributed by atoms with Crippen molar-refractivity contribution in [1.82, 2.24) is 4.90 Å². The van der Waals surface area contributed by atoms with E-state index in [-0.39, 0.29) is 28.5 Å². The van der Waals surface area contributed by atoms with Gasteiger partial charge in [0, 0.05) is 12.1 Å². The molecular weight excluding hydrogens is 314 g/mol. The quantitative estimate of drug-likeness (QED) is 0.902. The van der Waals surface area contributed by atoms with Crippen LogP contribution in [0.25, 0.3) is 5.57 Å². The number of fused-ring (bicyclic) bond motifs is 2. The summed E-state index contributed by atoms with van der Waals surface area (Å²) < 4.78 is 47.7. The van der Waals surface area contributed by atoms with E-state index < -0.39 is 31.0 Å². The molecular formula is C21H23NO3. The van der Waals surface area contributed by atoms with Gasteiger partial charge in [0.05, 0.1) is 13.3 Å². The summed E-state index contributed by atoms with van der Waals surface area (Å²) in [5.41, 5.74) is 1.34. The van der Waals surface area contributed by atoms with Crippen LogP contribution >= 0.6 is 0 Å². The average Bonchev–Trinajstić information content (AvgIpc) is 2.76. The molecule has 4 heteroatoms. The number of carbonyl (C=O) groups is 1. The van der Waals surface area contributed by atoms with Crippen LogP contribution in [0.15, 0.2) is 48.5 Å². The Labute approximate surface area is 155 Å². The molecule has 130 valence electrons. The van der Waals surface area contributed by atoms with Crippen LogP contribution in [0.4, 0.5) is 0 Å². The Bertz CT molecular complexity index is 1030. The van der Waals surface area contributed by atoms with Gasteiger partial charge in [0.1, 0.15) is 12.3 Å². The second-order valence-corrected chi connectivity index (χ2v) is 6.09. The number of aliphatic carboxylic acids is 1. The van der Waals surface area contributed by atoms with Crippen LogP contribution in [0.1, 0.15) is 35.5 Å². The minimum Gasteiger partial charge on any atom is -0.488 e. The zero-order chi connectivity index (χ0) is 22.2. The monoisotopic (exact) mass is 342 g/mol. The topological polar surface area (TPSA) is 49.8 Å². The van der Waals surface area contributed by atoms with Gasteiger partial charge < -0.3 is 14.7 Å². The molecule has 1 N–H and O–H groups in total. The van der Waals surface area contributed by atoms with Crippen LogP contribution in [-0.2, 0) is 17.8 Å². The molecule has 0 saturated carbocycles. The van der Waals surface area contributed by atoms with Crippen molar-refractivity contribution < 1.29 is 21.5 Å². The number of rotatable bonds is 5. The third-order valence-electron chi connectivity index (χ3n) is 3.83. The van der Waals surface area contributed by atoms with Crippen LogP contribution in [0.5, 0.6) is 5.75 Å². The SMILES string of the molecule is [2H]c1c([2H])c2c(c([2H])c1CC(=O)O)/C(=C\CCN(C)C)c1ccccc1C([2H])([2H])O2. The van der Waals surface area contributed by atoms with E-state index in [1.54, 1.807) is 24.3 Å². The smallest absolute Gasteiger partial charge is 0.307 e. The van der Waals surface area contributed by atoms with Crippen LogP contribution in [0.3, 0.4) is 0 Å². The summed E-state index contributed by atoms with van der Waals surface area (Å²) >= 11 is 0. The molecule has 0 unspecified atom stereocenters. The Hall–Kier alpha value is -2.59. The third kappa shape index (κ3) is 4.09. The van der Waals surface area contributed by atoms with Gasteiger partial charge in [0.15, 0.2) is 0 Å². The number of carboxylic acids is 1. The minimum absolute atomic E-state index is 0.0895. The summed E-state index contributed by atoms with van der Waals surface area (Å²) in [7, 11) is 3.84. The predicted octanol–water partition coefficient (Wildman–Crippen LogP) is 3.59. The molecule has 0 fully saturated rings. The lowest BCUT2D eigenvalue weighted by molar-refractivity contribution is -0.136. The Balaban J connectivity index is 2.37. The first-order valence-electron chi connectivity index (χ1n) is 10.5. The number of carboxylic acid groups (broad SMARTS) is 1. The molecule has 2 aromatic rings. The lowest BCUT2D eigenvalue weighted by Gasteiger charge is -2.13. The Morgan fingerprint density at radius 2 is 2.16 bits per heavy atom. The number of hydrogen-bond donors (Lipinski definition) is 1. The van der Waals surface area contributed by atoms with E-state index in [4.69, 9.17) is 11.6 Å². The van der Waals surface area contributed by atoms with Crippen molar-refractivity contribution in [2.24, 2.45) is 0 Å². The van der Waals surface area contributed by atoms with E-state index in [1.807, 2.05) is 25.1 Å². The standard InChI is InChI=1S/C21H23NO3/c1-22(2)11-5-8-18-17-7-4-3-6-16(17)14-25-20-10-9-15(12-19(18)20)13-21(23)24/h3-4,6-10,12H,5,11,13-14H2,1-2H3,(H,23,24)/b18-8-/i9D,10D,12D,14D2. The number of ether oxygens (including phenoxy) is 1. The molecule has 3 rings (SSSR count). The van der Waals surface area contributed by atoms with Crippen molar-refractivity contribution in [2.75, 3.05) is 20.6 Å². The van der Waals surface area contributed by atoms with Gasteiger partial charge in [-0.25, -0.2) is 0 Å². The molecule has 0 spiro atoms. The molecule has 1 aliphatic rings. The van der Waals surface area contributed by atoms with Gasteiger partial charge in [-0.05, 0) is 54.9 Å². The Morgan fingerprint density at radius 3 is 2.92 bits per heavy atom. The van der Waals surface area contributed by atoms with E-state index >= 15 is 0 Å². The highest BCUT2D eigenvalue weighted by molar-refractivity contribution is 5.85. The number of benzene rings is 2. The highest BCUT2D eigenvalue weighted by atomic mass is 16.5. The highest BCUT2D eigenvalue weighted by Crippen LogP contribution is 2.37. The number of hydrogen-bond acceptors (Lipinski definition) is 3. The molecule has 2 aromatic carbocycles. The Kier molecular flexibility index (Phi) is 3.58. The summed E-state index contributed by atoms with van der Waals surface area (Å²) in [5, 5.41) is 9.24. The zero-order valence-electron chi connectivity index (χ0n) is 19.2. The summed E-state index contributed by atoms with van der Waals surface area (Å²) in [4.78, 5) is 13.3. The van der Waals surface area contributed by atoms with Crippen molar-refractivity contribution >= 4 is 11.5 Å². The van der Waals surface area contributed by atoms with Crippen molar-refractivity contribution in [3.05, 3.63) is 70.7 Å². The maximum Gasteiger partial charge on any atom is 0.307 e. The van der Waals surface area contributed by atoms with Crippen LogP contribution in [0.2, 0.25) is 0 Å². The zero-order valence-corrected chi connectivity index (χ0v) is 14.2. The molecule has 0 amide bonds. The molecule has 0 bridgehead atoms. The van der Waals surface area contributed by atoms with Crippen LogP contribution in [-0.4, -0.2) is 36.6 Å². The van der Waals surface area contributed by atoms with Crippen molar-refractivity contribution in [3.8, 4) is 5.75 Å². The van der Waals surface area contributed by atoms with E-state index in [1.165, 1.54) is 0 Å². The lowest BCUT2D eigenvalue weighted by atomic mass is 9.92. The van der Waals surface area contributed by atoms with E-state index in [9.17, 15) is 9.90 Å². The lowest BCUT2D eigenvalue weighted by Crippen LogP contribution is -2.12. The van der Waals surface area contributed by atoms with Gasteiger partial charge in [-0.15, -0.1) is 0 Å². The fraction of sp³-hybridized carbons (Fsp3) is 0.286. The Morgan fingerprint density at radius 1 is 1.36 bits per heavy atom. The van der Waals surface area contributed by atoms with Gasteiger partial charge in [-0.3, -0.25) is 4.79 Å². The van der Waals surface area contributed by atoms with Crippen molar-refractivity contribution in [3.63, 3.8) is 0 Å². The molecule has 0 saturated heterocycles. The number of nitrogens with zero attached hydrogens (tertiary/aromatic N) is 1. The van der Waals surface area contributed by atoms with Crippen LogP contribution in [0, 0.1) is 0 Å². The predicted molar refractivity (Wildman–Crippen MR) is 98.8 cm³/mol. The molecule has 0 aliphatic carbocycles. The van der Waals surface area contributed by atoms with E-state index in [0.29, 0.717) is 24.1 Å². The van der Waals surface area contributed by atoms with Gasteiger partial charge in [-0.2, -0.15) is 0 Å². The van der Waals surface area contributed by atoms with E-state index in [2.05, 4.69) is 0 Å². The maximum absolute atomic E-state index is 11.3. The minimum atomic E-state index is -2.29. The first kappa shape index (κ1) is 11.9. The van der Waals surface area contributed by atoms with E-state index in [0.717, 1.165) is 0 Å². The molecule has 4 nitrogen and oxygen atoms in total. The summed E-state index contributed by atoms with van der Waals surface area (Å²) in [6.45, 7) is -1.58. The normalized spacial score (nSPS) is 19.5. The van der Waals surface area contributed by atoms with Gasteiger partial charge >= 0.3 is 5.97 Å². The first-order chi connectivity index (χ1) is 14.0. The molecule has 25 heavy (non-hydrogen) atoms. The fourth-order valence-electron chi connectivity index (χ4n) is 2.67. The largest absolute Gasteiger partial charge is 0.488 e. The average molecular weight is 342 g/mol. The maximum atomic E-state index is 11.3. The molecule has 0 atom stereocenters. The third-order valence-corrected chi connectivity index (χ3v) is 3.83. The summed E-state index contributed by atoms with van der Waals surface area (Å²) in [6, 6.07) is 5.67. The van der Waals surface area contributed by atoms with Gasteiger partial charge in [-0.1, -0.05) is 36.4 Å². The summed E-state index contributed by atoms with van der Waals surface area (Å²) in [5.74, 6) is -1.42. The fourth-order valence-corrected chi connectivity index (χ4v) is 2.67. The second kappa shape index (κ2) is 7.53. The molecule has 1 heterocycles. The molecule has 0 radical (unpaired) electrons. The van der Waals surface area contributed by atoms with Crippen molar-refractivity contribution in [2.45, 2.75) is 19.4 Å².